The lowest BCUT2D eigenvalue weighted by Gasteiger charge is -2.47. The molecule has 9 heteroatoms. The van der Waals surface area contributed by atoms with Crippen molar-refractivity contribution in [1.82, 2.24) is 19.9 Å². The Morgan fingerprint density at radius 3 is 1.45 bits per heavy atom. The summed E-state index contributed by atoms with van der Waals surface area (Å²) in [7, 11) is 0. The third-order valence-electron chi connectivity index (χ3n) is 8.80. The lowest BCUT2D eigenvalue weighted by atomic mass is 9.87. The molecule has 0 saturated carbocycles. The molecule has 2 heterocycles. The van der Waals surface area contributed by atoms with E-state index in [1.54, 1.807) is 12.2 Å². The van der Waals surface area contributed by atoms with Gasteiger partial charge in [-0.2, -0.15) is 15.0 Å². The average molecular weight is 658 g/mol. The molecule has 0 bridgehead atoms. The first kappa shape index (κ1) is 33.5. The zero-order chi connectivity index (χ0) is 34.0. The second kappa shape index (κ2) is 16.1. The second-order valence-electron chi connectivity index (χ2n) is 12.0. The Morgan fingerprint density at radius 2 is 1.04 bits per heavy atom. The summed E-state index contributed by atoms with van der Waals surface area (Å²) in [5.41, 5.74) is 4.14. The fraction of sp³-hybridized carbons (Fsp3) is 0.225. The summed E-state index contributed by atoms with van der Waals surface area (Å²) in [6.45, 7) is 10.0. The minimum Gasteiger partial charge on any atom is -0.351 e. The second-order valence-corrected chi connectivity index (χ2v) is 12.0. The Kier molecular flexibility index (Phi) is 11.0. The summed E-state index contributed by atoms with van der Waals surface area (Å²) in [5.74, 6) is 0.973. The maximum absolute atomic E-state index is 14.3. The molecule has 1 aliphatic heterocycles. The number of hydrogen-bond acceptors (Lipinski definition) is 7. The summed E-state index contributed by atoms with van der Waals surface area (Å²) in [4.78, 5) is 18.7. The number of nitrogens with one attached hydrogen (secondary N) is 2. The smallest absolute Gasteiger partial charge is 0.231 e. The molecule has 250 valence electrons. The number of nitrogens with zero attached hydrogens (tertiary/aromatic N) is 5. The lowest BCUT2D eigenvalue weighted by molar-refractivity contribution is 0.0967. The van der Waals surface area contributed by atoms with Crippen molar-refractivity contribution in [3.8, 4) is 0 Å². The van der Waals surface area contributed by atoms with Gasteiger partial charge in [0.15, 0.2) is 0 Å². The molecule has 4 aromatic carbocycles. The van der Waals surface area contributed by atoms with Crippen molar-refractivity contribution in [2.75, 3.05) is 41.7 Å². The molecule has 1 aromatic heterocycles. The molecule has 2 unspecified atom stereocenters. The molecule has 2 N–H and O–H groups in total. The Hall–Kier alpha value is -5.41. The van der Waals surface area contributed by atoms with Crippen molar-refractivity contribution >= 4 is 17.8 Å². The third kappa shape index (κ3) is 8.18. The first-order valence-electron chi connectivity index (χ1n) is 16.6. The van der Waals surface area contributed by atoms with Gasteiger partial charge in [0.1, 0.15) is 11.6 Å². The van der Waals surface area contributed by atoms with Crippen LogP contribution in [0.1, 0.15) is 47.2 Å². The summed E-state index contributed by atoms with van der Waals surface area (Å²) >= 11 is 0. The molecule has 0 spiro atoms. The fourth-order valence-electron chi connectivity index (χ4n) is 6.56. The molecule has 1 saturated heterocycles. The average Bonchev–Trinajstić information content (AvgIpc) is 3.15. The van der Waals surface area contributed by atoms with Gasteiger partial charge in [-0.15, -0.1) is 13.2 Å². The van der Waals surface area contributed by atoms with Gasteiger partial charge < -0.3 is 15.5 Å². The Morgan fingerprint density at radius 1 is 0.633 bits per heavy atom. The molecule has 1 fully saturated rings. The zero-order valence-electron chi connectivity index (χ0n) is 27.4. The topological polar surface area (TPSA) is 69.2 Å². The first-order chi connectivity index (χ1) is 24.0. The maximum atomic E-state index is 14.3. The third-order valence-corrected chi connectivity index (χ3v) is 8.80. The summed E-state index contributed by atoms with van der Waals surface area (Å²) in [6.07, 6.45) is 5.11. The van der Waals surface area contributed by atoms with E-state index in [2.05, 4.69) is 62.8 Å². The van der Waals surface area contributed by atoms with E-state index in [1.165, 1.54) is 24.3 Å². The number of anilines is 3. The molecule has 0 aliphatic carbocycles. The van der Waals surface area contributed by atoms with Crippen molar-refractivity contribution in [2.45, 2.75) is 31.0 Å². The van der Waals surface area contributed by atoms with Gasteiger partial charge in [-0.05, 0) is 59.4 Å². The van der Waals surface area contributed by atoms with Crippen LogP contribution in [0.2, 0.25) is 0 Å². The van der Waals surface area contributed by atoms with Crippen molar-refractivity contribution in [3.05, 3.63) is 168 Å². The molecule has 1 aliphatic rings. The van der Waals surface area contributed by atoms with Crippen LogP contribution in [0.4, 0.5) is 26.6 Å². The highest BCUT2D eigenvalue weighted by Gasteiger charge is 2.38. The van der Waals surface area contributed by atoms with Crippen LogP contribution in [0.3, 0.4) is 0 Å². The minimum atomic E-state index is -0.283. The van der Waals surface area contributed by atoms with Crippen LogP contribution < -0.4 is 15.5 Å². The first-order valence-corrected chi connectivity index (χ1v) is 16.6. The number of hydrogen-bond donors (Lipinski definition) is 2. The van der Waals surface area contributed by atoms with E-state index in [1.807, 2.05) is 60.7 Å². The van der Waals surface area contributed by atoms with Crippen LogP contribution in [0.5, 0.6) is 0 Å². The van der Waals surface area contributed by atoms with Gasteiger partial charge in [0.2, 0.25) is 17.8 Å². The highest BCUT2D eigenvalue weighted by molar-refractivity contribution is 5.45. The number of benzene rings is 4. The van der Waals surface area contributed by atoms with Crippen LogP contribution in [-0.2, 0) is 0 Å². The van der Waals surface area contributed by atoms with Gasteiger partial charge in [0.25, 0.3) is 0 Å². The molecule has 0 amide bonds. The maximum Gasteiger partial charge on any atom is 0.231 e. The van der Waals surface area contributed by atoms with Crippen LogP contribution in [0, 0.1) is 11.6 Å². The molecule has 7 nitrogen and oxygen atoms in total. The molecule has 2 atom stereocenters. The van der Waals surface area contributed by atoms with Gasteiger partial charge >= 0.3 is 0 Å². The van der Waals surface area contributed by atoms with Gasteiger partial charge in [-0.1, -0.05) is 97.1 Å². The number of aromatic nitrogens is 3. The van der Waals surface area contributed by atoms with Crippen molar-refractivity contribution in [2.24, 2.45) is 0 Å². The van der Waals surface area contributed by atoms with E-state index in [0.717, 1.165) is 35.1 Å². The predicted molar refractivity (Wildman–Crippen MR) is 194 cm³/mol. The van der Waals surface area contributed by atoms with Crippen molar-refractivity contribution in [3.63, 3.8) is 0 Å². The number of rotatable bonds is 14. The van der Waals surface area contributed by atoms with E-state index in [4.69, 9.17) is 9.97 Å². The summed E-state index contributed by atoms with van der Waals surface area (Å²) in [5, 5.41) is 6.39. The van der Waals surface area contributed by atoms with Crippen LogP contribution in [0.15, 0.2) is 135 Å². The lowest BCUT2D eigenvalue weighted by Crippen LogP contribution is -2.48. The van der Waals surface area contributed by atoms with Crippen LogP contribution >= 0.6 is 0 Å². The SMILES string of the molecule is C=CCNc1nc(NCC=C)nc(N2CCC(N(C(c3ccccc3)c3ccc(F)cc3)C(c3ccccc3)c3ccc(F)cc3)CC2)n1. The van der Waals surface area contributed by atoms with E-state index in [0.29, 0.717) is 44.0 Å². The van der Waals surface area contributed by atoms with Gasteiger partial charge in [-0.25, -0.2) is 8.78 Å². The number of halogens is 2. The van der Waals surface area contributed by atoms with E-state index in [-0.39, 0.29) is 29.8 Å². The van der Waals surface area contributed by atoms with E-state index in [9.17, 15) is 8.78 Å². The van der Waals surface area contributed by atoms with Crippen molar-refractivity contribution in [1.29, 1.82) is 0 Å². The fourth-order valence-corrected chi connectivity index (χ4v) is 6.56. The standard InChI is InChI=1S/C40H41F2N7/c1-3-25-43-38-45-39(44-26-4-2)47-40(46-38)48-27-23-35(24-28-48)49(36(29-11-7-5-8-12-29)31-15-19-33(41)20-16-31)37(30-13-9-6-10-14-30)32-17-21-34(42)22-18-32/h3-22,35-37H,1-2,23-28H2,(H2,43,44,45,46,47). The summed E-state index contributed by atoms with van der Waals surface area (Å²) in [6, 6.07) is 33.9. The van der Waals surface area contributed by atoms with Gasteiger partial charge in [-0.3, -0.25) is 4.90 Å². The monoisotopic (exact) mass is 657 g/mol. The molecular formula is C40H41F2N7. The quantitative estimate of drug-likeness (QED) is 0.117. The molecular weight excluding hydrogens is 616 g/mol. The largest absolute Gasteiger partial charge is 0.351 e. The molecule has 0 radical (unpaired) electrons. The summed E-state index contributed by atoms with van der Waals surface area (Å²) < 4.78 is 28.7. The highest BCUT2D eigenvalue weighted by atomic mass is 19.1. The van der Waals surface area contributed by atoms with Crippen LogP contribution in [0.25, 0.3) is 0 Å². The van der Waals surface area contributed by atoms with E-state index >= 15 is 0 Å². The van der Waals surface area contributed by atoms with Crippen LogP contribution in [-0.4, -0.2) is 52.1 Å². The molecule has 5 aromatic rings. The Balaban J connectivity index is 1.42. The van der Waals surface area contributed by atoms with Gasteiger partial charge in [0.05, 0.1) is 12.1 Å². The number of piperidine rings is 1. The Labute approximate surface area is 287 Å². The Bertz CT molecular complexity index is 1670. The van der Waals surface area contributed by atoms with E-state index < -0.39 is 0 Å². The van der Waals surface area contributed by atoms with Gasteiger partial charge in [0, 0.05) is 32.2 Å². The minimum absolute atomic E-state index is 0.0836. The highest BCUT2D eigenvalue weighted by Crippen LogP contribution is 2.43. The normalized spacial score (nSPS) is 14.6. The molecule has 6 rings (SSSR count). The molecule has 49 heavy (non-hydrogen) atoms. The predicted octanol–water partition coefficient (Wildman–Crippen LogP) is 8.20. The zero-order valence-corrected chi connectivity index (χ0v) is 27.4. The van der Waals surface area contributed by atoms with Crippen molar-refractivity contribution < 1.29 is 8.78 Å².